The molecule has 0 amide bonds. The Bertz CT molecular complexity index is 6030. The van der Waals surface area contributed by atoms with E-state index < -0.39 is 0 Å². The molecule has 0 saturated heterocycles. The van der Waals surface area contributed by atoms with Gasteiger partial charge in [0, 0.05) is 83.5 Å². The first kappa shape index (κ1) is 57.6. The van der Waals surface area contributed by atoms with Gasteiger partial charge >= 0.3 is 0 Å². The number of anilines is 6. The predicted octanol–water partition coefficient (Wildman–Crippen LogP) is 23.4. The van der Waals surface area contributed by atoms with Crippen LogP contribution in [-0.2, 0) is 0 Å². The van der Waals surface area contributed by atoms with Crippen LogP contribution in [0.5, 0.6) is 0 Å². The quantitative estimate of drug-likeness (QED) is 0.127. The van der Waals surface area contributed by atoms with Crippen LogP contribution in [0.2, 0.25) is 0 Å². The Balaban J connectivity index is 0.915. The minimum Gasteiger partial charge on any atom is -0.311 e. The number of para-hydroxylation sites is 6. The maximum atomic E-state index is 2.63. The van der Waals surface area contributed by atoms with Crippen LogP contribution in [0.1, 0.15) is 0 Å². The van der Waals surface area contributed by atoms with Gasteiger partial charge in [0.2, 0.25) is 0 Å². The van der Waals surface area contributed by atoms with Gasteiger partial charge in [-0.25, -0.2) is 0 Å². The molecule has 6 heteroatoms. The average Bonchev–Trinajstić information content (AvgIpc) is 1.57. The molecule has 0 fully saturated rings. The Morgan fingerprint density at radius 1 is 0.167 bits per heavy atom. The van der Waals surface area contributed by atoms with Crippen molar-refractivity contribution in [3.05, 3.63) is 376 Å². The largest absolute Gasteiger partial charge is 0.311 e. The SMILES string of the molecule is c1ccc(-c2cc(-c3ccccc3)cc(N3c4cc(-n5c6ccccc6c6ccccc65)ccc4B4c5ccc(-n6c7ccccc7c7ccccc76)cc5N(c5cc(-c6ccccc6)cc(-c6ccccc6)c5)c5cc(-c6ccc7c(c6)c6ccccc6n7-c6ccccc6)cc3c54)c2)cc1. The highest BCUT2D eigenvalue weighted by Gasteiger charge is 2.45. The summed E-state index contributed by atoms with van der Waals surface area (Å²) in [6.45, 7) is -0.232. The van der Waals surface area contributed by atoms with Gasteiger partial charge < -0.3 is 23.5 Å². The zero-order valence-electron chi connectivity index (χ0n) is 55.6. The first-order chi connectivity index (χ1) is 50.6. The second kappa shape index (κ2) is 23.1. The molecule has 16 aromatic carbocycles. The molecule has 3 aromatic heterocycles. The molecule has 0 spiro atoms. The summed E-state index contributed by atoms with van der Waals surface area (Å²) < 4.78 is 7.39. The third-order valence-corrected chi connectivity index (χ3v) is 21.5. The van der Waals surface area contributed by atoms with Crippen LogP contribution in [0.3, 0.4) is 0 Å². The van der Waals surface area contributed by atoms with Gasteiger partial charge in [-0.15, -0.1) is 0 Å². The molecule has 2 aliphatic heterocycles. The van der Waals surface area contributed by atoms with Crippen LogP contribution in [0.15, 0.2) is 376 Å². The van der Waals surface area contributed by atoms with Crippen molar-refractivity contribution in [2.24, 2.45) is 0 Å². The topological polar surface area (TPSA) is 21.3 Å². The van der Waals surface area contributed by atoms with Crippen molar-refractivity contribution >= 4 is 123 Å². The van der Waals surface area contributed by atoms with Gasteiger partial charge in [-0.3, -0.25) is 0 Å². The third kappa shape index (κ3) is 9.06. The maximum Gasteiger partial charge on any atom is 0.252 e. The number of aromatic nitrogens is 3. The fourth-order valence-electron chi connectivity index (χ4n) is 17.0. The second-order valence-corrected chi connectivity index (χ2v) is 27.2. The van der Waals surface area contributed by atoms with E-state index in [2.05, 4.69) is 400 Å². The van der Waals surface area contributed by atoms with Crippen molar-refractivity contribution in [3.8, 4) is 72.7 Å². The van der Waals surface area contributed by atoms with Crippen molar-refractivity contribution in [2.45, 2.75) is 0 Å². The maximum absolute atomic E-state index is 2.63. The Kier molecular flexibility index (Phi) is 13.1. The van der Waals surface area contributed by atoms with Gasteiger partial charge in [0.15, 0.2) is 0 Å². The number of hydrogen-bond acceptors (Lipinski definition) is 2. The number of rotatable bonds is 10. The molecule has 0 aliphatic carbocycles. The normalized spacial score (nSPS) is 12.5. The van der Waals surface area contributed by atoms with Crippen LogP contribution < -0.4 is 26.2 Å². The van der Waals surface area contributed by atoms with E-state index in [4.69, 9.17) is 0 Å². The van der Waals surface area contributed by atoms with Crippen molar-refractivity contribution in [3.63, 3.8) is 0 Å². The lowest BCUT2D eigenvalue weighted by Crippen LogP contribution is -2.61. The summed E-state index contributed by atoms with van der Waals surface area (Å²) >= 11 is 0. The lowest BCUT2D eigenvalue weighted by Gasteiger charge is -2.45. The van der Waals surface area contributed by atoms with E-state index in [-0.39, 0.29) is 6.71 Å². The van der Waals surface area contributed by atoms with E-state index in [0.717, 1.165) is 134 Å². The number of fused-ring (bicyclic) bond motifs is 13. The number of benzene rings is 16. The van der Waals surface area contributed by atoms with Crippen LogP contribution in [-0.4, -0.2) is 20.4 Å². The molecule has 0 N–H and O–H groups in total. The molecular weight excluding hydrogens is 1230 g/mol. The summed E-state index contributed by atoms with van der Waals surface area (Å²) in [4.78, 5) is 5.27. The van der Waals surface area contributed by atoms with Crippen molar-refractivity contribution in [2.75, 3.05) is 9.80 Å². The Morgan fingerprint density at radius 3 is 0.843 bits per heavy atom. The summed E-state index contributed by atoms with van der Waals surface area (Å²) in [6.07, 6.45) is 0. The van der Waals surface area contributed by atoms with Crippen LogP contribution in [0, 0.1) is 0 Å². The van der Waals surface area contributed by atoms with E-state index in [1.807, 2.05) is 0 Å². The molecule has 0 bridgehead atoms. The zero-order chi connectivity index (χ0) is 66.9. The van der Waals surface area contributed by atoms with Gasteiger partial charge in [0.1, 0.15) is 0 Å². The van der Waals surface area contributed by atoms with E-state index in [0.29, 0.717) is 0 Å². The highest BCUT2D eigenvalue weighted by Crippen LogP contribution is 2.51. The minimum atomic E-state index is -0.232. The third-order valence-electron chi connectivity index (χ3n) is 21.5. The van der Waals surface area contributed by atoms with E-state index in [1.165, 1.54) is 54.2 Å². The van der Waals surface area contributed by atoms with E-state index >= 15 is 0 Å². The molecule has 0 unspecified atom stereocenters. The molecule has 21 rings (SSSR count). The molecule has 5 nitrogen and oxygen atoms in total. The Hall–Kier alpha value is -13.4. The molecule has 474 valence electrons. The molecular formula is C96H62BN5. The Labute approximate surface area is 591 Å². The Morgan fingerprint density at radius 2 is 0.471 bits per heavy atom. The summed E-state index contributed by atoms with van der Waals surface area (Å²) in [5.74, 6) is 0. The average molecular weight is 1300 g/mol. The summed E-state index contributed by atoms with van der Waals surface area (Å²) in [7, 11) is 0. The van der Waals surface area contributed by atoms with Gasteiger partial charge in [-0.1, -0.05) is 249 Å². The second-order valence-electron chi connectivity index (χ2n) is 27.2. The van der Waals surface area contributed by atoms with Crippen molar-refractivity contribution < 1.29 is 0 Å². The first-order valence-electron chi connectivity index (χ1n) is 35.2. The van der Waals surface area contributed by atoms with Gasteiger partial charge in [0.05, 0.1) is 33.1 Å². The summed E-state index contributed by atoms with van der Waals surface area (Å²) in [5, 5.41) is 7.29. The fourth-order valence-corrected chi connectivity index (χ4v) is 17.0. The smallest absolute Gasteiger partial charge is 0.252 e. The first-order valence-corrected chi connectivity index (χ1v) is 35.2. The number of nitrogens with zero attached hydrogens (tertiary/aromatic N) is 5. The van der Waals surface area contributed by atoms with Crippen LogP contribution in [0.4, 0.5) is 34.1 Å². The van der Waals surface area contributed by atoms with Crippen molar-refractivity contribution in [1.82, 2.24) is 13.7 Å². The van der Waals surface area contributed by atoms with E-state index in [1.54, 1.807) is 0 Å². The molecule has 19 aromatic rings. The van der Waals surface area contributed by atoms with Gasteiger partial charge in [-0.2, -0.15) is 0 Å². The van der Waals surface area contributed by atoms with Crippen LogP contribution in [0.25, 0.3) is 138 Å². The van der Waals surface area contributed by atoms with Gasteiger partial charge in [-0.05, 0) is 199 Å². The monoisotopic (exact) mass is 1300 g/mol. The minimum absolute atomic E-state index is 0.232. The molecule has 2 aliphatic rings. The highest BCUT2D eigenvalue weighted by atomic mass is 15.2. The lowest BCUT2D eigenvalue weighted by atomic mass is 9.33. The van der Waals surface area contributed by atoms with Crippen LogP contribution >= 0.6 is 0 Å². The number of hydrogen-bond donors (Lipinski definition) is 0. The zero-order valence-corrected chi connectivity index (χ0v) is 55.6. The fraction of sp³-hybridized carbons (Fsp3) is 0. The molecule has 102 heavy (non-hydrogen) atoms. The van der Waals surface area contributed by atoms with Gasteiger partial charge in [0.25, 0.3) is 6.71 Å². The molecule has 0 atom stereocenters. The molecule has 0 radical (unpaired) electrons. The molecule has 5 heterocycles. The standard InChI is InChI=1S/C96H62BN5/c1-6-26-63(27-7-1)68-52-69(64-28-8-2-9-29-64)55-76(54-68)101-92-61-74(99-86-41-21-16-36-78(86)79-37-17-22-42-87(79)99)47-49-84(92)97-85-50-48-75(100-88-43-23-18-38-80(88)81-39-19-24-44-89(81)100)62-93(85)102(77-56-70(65-30-10-3-11-31-65)53-71(57-77)66-32-12-4-13-33-66)95-60-72(59-94(101)96(95)97)67-46-51-91-83(58-67)82-40-20-25-45-90(82)98(91)73-34-14-5-15-35-73/h1-62H. The summed E-state index contributed by atoms with van der Waals surface area (Å²) in [5.41, 5.74) is 31.9. The van der Waals surface area contributed by atoms with Crippen molar-refractivity contribution in [1.29, 1.82) is 0 Å². The van der Waals surface area contributed by atoms with E-state index in [9.17, 15) is 0 Å². The highest BCUT2D eigenvalue weighted by molar-refractivity contribution is 7.00. The summed E-state index contributed by atoms with van der Waals surface area (Å²) in [6, 6.07) is 140. The predicted molar refractivity (Wildman–Crippen MR) is 431 cm³/mol. The molecule has 0 saturated carbocycles. The lowest BCUT2D eigenvalue weighted by molar-refractivity contribution is 1.17.